The first kappa shape index (κ1) is 14.2. The average molecular weight is 323 g/mol. The van der Waals surface area contributed by atoms with Crippen molar-refractivity contribution < 1.29 is 4.74 Å². The number of halogens is 1. The summed E-state index contributed by atoms with van der Waals surface area (Å²) in [6.07, 6.45) is 0. The maximum absolute atomic E-state index is 6.30. The molecule has 7 heteroatoms. The van der Waals surface area contributed by atoms with Crippen molar-refractivity contribution in [3.8, 4) is 5.88 Å². The highest BCUT2D eigenvalue weighted by atomic mass is 35.5. The van der Waals surface area contributed by atoms with Crippen LogP contribution in [-0.2, 0) is 13.6 Å². The third-order valence-corrected chi connectivity index (χ3v) is 4.48. The molecule has 1 N–H and O–H groups in total. The third kappa shape index (κ3) is 2.45. The van der Waals surface area contributed by atoms with E-state index in [0.717, 1.165) is 33.0 Å². The van der Waals surface area contributed by atoms with E-state index in [1.54, 1.807) is 23.1 Å². The second-order valence-electron chi connectivity index (χ2n) is 4.67. The number of benzene rings is 1. The highest BCUT2D eigenvalue weighted by molar-refractivity contribution is 7.16. The Labute approximate surface area is 131 Å². The van der Waals surface area contributed by atoms with Gasteiger partial charge in [0.15, 0.2) is 0 Å². The smallest absolute Gasteiger partial charge is 0.216 e. The predicted molar refractivity (Wildman–Crippen MR) is 86.5 cm³/mol. The SMILES string of the molecule is COc1c(CNc2c(Cl)ccc3scnc23)c(C)nn1C. The van der Waals surface area contributed by atoms with Crippen LogP contribution in [0.25, 0.3) is 10.2 Å². The van der Waals surface area contributed by atoms with Crippen LogP contribution in [-0.4, -0.2) is 21.9 Å². The second-order valence-corrected chi connectivity index (χ2v) is 5.97. The van der Waals surface area contributed by atoms with Gasteiger partial charge in [0.2, 0.25) is 5.88 Å². The normalized spacial score (nSPS) is 11.0. The zero-order valence-corrected chi connectivity index (χ0v) is 13.5. The van der Waals surface area contributed by atoms with Crippen molar-refractivity contribution >= 4 is 38.8 Å². The largest absolute Gasteiger partial charge is 0.481 e. The predicted octanol–water partition coefficient (Wildman–Crippen LogP) is 3.61. The summed E-state index contributed by atoms with van der Waals surface area (Å²) in [4.78, 5) is 4.38. The first-order valence-corrected chi connectivity index (χ1v) is 7.69. The first-order valence-electron chi connectivity index (χ1n) is 6.44. The summed E-state index contributed by atoms with van der Waals surface area (Å²) >= 11 is 7.89. The summed E-state index contributed by atoms with van der Waals surface area (Å²) in [5, 5.41) is 8.40. The van der Waals surface area contributed by atoms with Gasteiger partial charge in [-0.2, -0.15) is 5.10 Å². The molecule has 0 fully saturated rings. The fraction of sp³-hybridized carbons (Fsp3) is 0.286. The lowest BCUT2D eigenvalue weighted by Gasteiger charge is -2.10. The van der Waals surface area contributed by atoms with Crippen LogP contribution in [0.2, 0.25) is 5.02 Å². The Morgan fingerprint density at radius 3 is 3.00 bits per heavy atom. The van der Waals surface area contributed by atoms with Gasteiger partial charge in [-0.3, -0.25) is 0 Å². The molecule has 0 saturated heterocycles. The molecule has 21 heavy (non-hydrogen) atoms. The Bertz CT molecular complexity index is 796. The molecule has 110 valence electrons. The maximum atomic E-state index is 6.30. The molecule has 0 spiro atoms. The molecule has 0 atom stereocenters. The number of fused-ring (bicyclic) bond motifs is 1. The molecule has 0 saturated carbocycles. The molecule has 0 aliphatic rings. The monoisotopic (exact) mass is 322 g/mol. The lowest BCUT2D eigenvalue weighted by Crippen LogP contribution is -2.04. The number of thiazole rings is 1. The number of aromatic nitrogens is 3. The molecule has 0 aliphatic carbocycles. The summed E-state index contributed by atoms with van der Waals surface area (Å²) in [6.45, 7) is 2.55. The van der Waals surface area contributed by atoms with Crippen LogP contribution in [0, 0.1) is 6.92 Å². The van der Waals surface area contributed by atoms with E-state index in [4.69, 9.17) is 16.3 Å². The van der Waals surface area contributed by atoms with Crippen molar-refractivity contribution in [3.63, 3.8) is 0 Å². The molecular formula is C14H15ClN4OS. The van der Waals surface area contributed by atoms with Crippen LogP contribution in [0.4, 0.5) is 5.69 Å². The highest BCUT2D eigenvalue weighted by Crippen LogP contribution is 2.33. The van der Waals surface area contributed by atoms with Crippen LogP contribution >= 0.6 is 22.9 Å². The van der Waals surface area contributed by atoms with Gasteiger partial charge in [-0.05, 0) is 19.1 Å². The Morgan fingerprint density at radius 2 is 2.24 bits per heavy atom. The molecule has 0 bridgehead atoms. The molecule has 0 radical (unpaired) electrons. The number of ether oxygens (including phenoxy) is 1. The molecule has 5 nitrogen and oxygen atoms in total. The number of methoxy groups -OCH3 is 1. The van der Waals surface area contributed by atoms with Crippen LogP contribution in [0.3, 0.4) is 0 Å². The summed E-state index contributed by atoms with van der Waals surface area (Å²) in [5.74, 6) is 0.751. The summed E-state index contributed by atoms with van der Waals surface area (Å²) in [5.41, 5.74) is 5.52. The molecule has 1 aromatic carbocycles. The second kappa shape index (κ2) is 5.54. The van der Waals surface area contributed by atoms with Gasteiger partial charge in [-0.25, -0.2) is 9.67 Å². The minimum absolute atomic E-state index is 0.583. The number of anilines is 1. The molecule has 0 unspecified atom stereocenters. The lowest BCUT2D eigenvalue weighted by atomic mass is 10.2. The topological polar surface area (TPSA) is 52.0 Å². The maximum Gasteiger partial charge on any atom is 0.216 e. The number of nitrogens with one attached hydrogen (secondary N) is 1. The zero-order chi connectivity index (χ0) is 15.0. The van der Waals surface area contributed by atoms with E-state index in [1.165, 1.54) is 0 Å². The minimum Gasteiger partial charge on any atom is -0.481 e. The number of aryl methyl sites for hydroxylation is 2. The number of hydrogen-bond acceptors (Lipinski definition) is 5. The zero-order valence-electron chi connectivity index (χ0n) is 12.0. The third-order valence-electron chi connectivity index (χ3n) is 3.38. The Morgan fingerprint density at radius 1 is 1.43 bits per heavy atom. The first-order chi connectivity index (χ1) is 10.1. The quantitative estimate of drug-likeness (QED) is 0.797. The van der Waals surface area contributed by atoms with Crippen molar-refractivity contribution in [2.24, 2.45) is 7.05 Å². The van der Waals surface area contributed by atoms with E-state index in [9.17, 15) is 0 Å². The molecule has 2 aromatic heterocycles. The fourth-order valence-corrected chi connectivity index (χ4v) is 3.30. The molecule has 3 rings (SSSR count). The van der Waals surface area contributed by atoms with Crippen LogP contribution in [0.5, 0.6) is 5.88 Å². The van der Waals surface area contributed by atoms with E-state index in [-0.39, 0.29) is 0 Å². The van der Waals surface area contributed by atoms with Gasteiger partial charge in [-0.1, -0.05) is 11.6 Å². The number of hydrogen-bond donors (Lipinski definition) is 1. The summed E-state index contributed by atoms with van der Waals surface area (Å²) in [6, 6.07) is 3.87. The van der Waals surface area contributed by atoms with E-state index >= 15 is 0 Å². The van der Waals surface area contributed by atoms with E-state index in [1.807, 2.05) is 31.6 Å². The molecule has 0 aliphatic heterocycles. The molecule has 2 heterocycles. The van der Waals surface area contributed by atoms with Crippen LogP contribution in [0.1, 0.15) is 11.3 Å². The minimum atomic E-state index is 0.583. The fourth-order valence-electron chi connectivity index (χ4n) is 2.39. The van der Waals surface area contributed by atoms with Crippen molar-refractivity contribution in [2.45, 2.75) is 13.5 Å². The number of rotatable bonds is 4. The molecule has 0 amide bonds. The van der Waals surface area contributed by atoms with Gasteiger partial charge in [0.05, 0.1) is 39.3 Å². The van der Waals surface area contributed by atoms with E-state index in [0.29, 0.717) is 11.6 Å². The Balaban J connectivity index is 1.94. The molecule has 3 aromatic rings. The lowest BCUT2D eigenvalue weighted by molar-refractivity contribution is 0.370. The van der Waals surface area contributed by atoms with Gasteiger partial charge in [0.1, 0.15) is 5.52 Å². The molecular weight excluding hydrogens is 308 g/mol. The Hall–Kier alpha value is -1.79. The van der Waals surface area contributed by atoms with Crippen molar-refractivity contribution in [2.75, 3.05) is 12.4 Å². The van der Waals surface area contributed by atoms with E-state index in [2.05, 4.69) is 15.4 Å². The standard InChI is InChI=1S/C14H15ClN4OS/c1-8-9(14(20-3)19(2)18-8)6-16-12-10(15)4-5-11-13(12)17-7-21-11/h4-5,7,16H,6H2,1-3H3. The van der Waals surface area contributed by atoms with Gasteiger partial charge in [0, 0.05) is 13.6 Å². The van der Waals surface area contributed by atoms with Crippen LogP contribution in [0.15, 0.2) is 17.6 Å². The average Bonchev–Trinajstić information content (AvgIpc) is 3.02. The van der Waals surface area contributed by atoms with Gasteiger partial charge in [0.25, 0.3) is 0 Å². The Kier molecular flexibility index (Phi) is 3.73. The van der Waals surface area contributed by atoms with E-state index < -0.39 is 0 Å². The van der Waals surface area contributed by atoms with Crippen molar-refractivity contribution in [1.29, 1.82) is 0 Å². The van der Waals surface area contributed by atoms with Crippen LogP contribution < -0.4 is 10.1 Å². The number of nitrogens with zero attached hydrogens (tertiary/aromatic N) is 3. The highest BCUT2D eigenvalue weighted by Gasteiger charge is 2.15. The van der Waals surface area contributed by atoms with Crippen molar-refractivity contribution in [1.82, 2.24) is 14.8 Å². The summed E-state index contributed by atoms with van der Waals surface area (Å²) in [7, 11) is 3.51. The van der Waals surface area contributed by atoms with Gasteiger partial charge < -0.3 is 10.1 Å². The van der Waals surface area contributed by atoms with Crippen molar-refractivity contribution in [3.05, 3.63) is 33.9 Å². The summed E-state index contributed by atoms with van der Waals surface area (Å²) < 4.78 is 8.24. The van der Waals surface area contributed by atoms with Gasteiger partial charge >= 0.3 is 0 Å². The van der Waals surface area contributed by atoms with Gasteiger partial charge in [-0.15, -0.1) is 11.3 Å².